The first-order valence-corrected chi connectivity index (χ1v) is 7.47. The Labute approximate surface area is 136 Å². The van der Waals surface area contributed by atoms with Crippen LogP contribution in [0.1, 0.15) is 12.5 Å². The second-order valence-electron chi connectivity index (χ2n) is 5.49. The van der Waals surface area contributed by atoms with Gasteiger partial charge >= 0.3 is 0 Å². The van der Waals surface area contributed by atoms with Gasteiger partial charge in [-0.1, -0.05) is 18.7 Å². The molecule has 6 heteroatoms. The third kappa shape index (κ3) is 5.77. The number of rotatable bonds is 8. The quantitative estimate of drug-likeness (QED) is 0.633. The van der Waals surface area contributed by atoms with Crippen molar-refractivity contribution >= 4 is 11.6 Å². The number of hydrogen-bond donors (Lipinski definition) is 3. The highest BCUT2D eigenvalue weighted by molar-refractivity contribution is 5.91. The van der Waals surface area contributed by atoms with E-state index in [4.69, 9.17) is 15.2 Å². The summed E-state index contributed by atoms with van der Waals surface area (Å²) in [5.74, 6) is -0.139. The van der Waals surface area contributed by atoms with Crippen molar-refractivity contribution in [3.63, 3.8) is 0 Å². The van der Waals surface area contributed by atoms with Crippen molar-refractivity contribution in [3.8, 4) is 0 Å². The fraction of sp³-hybridized carbons (Fsp3) is 0.353. The molecule has 0 spiro atoms. The predicted octanol–water partition coefficient (Wildman–Crippen LogP) is 1.51. The third-order valence-corrected chi connectivity index (χ3v) is 3.31. The number of hydrogen-bond acceptors (Lipinski definition) is 5. The summed E-state index contributed by atoms with van der Waals surface area (Å²) in [6.45, 7) is 7.42. The Bertz CT molecular complexity index is 577. The minimum Gasteiger partial charge on any atom is -0.399 e. The van der Waals surface area contributed by atoms with E-state index in [1.54, 1.807) is 13.1 Å². The monoisotopic (exact) mass is 317 g/mol. The van der Waals surface area contributed by atoms with Crippen LogP contribution in [-0.4, -0.2) is 31.8 Å². The van der Waals surface area contributed by atoms with Gasteiger partial charge in [0.15, 0.2) is 0 Å². The summed E-state index contributed by atoms with van der Waals surface area (Å²) in [6.07, 6.45) is 1.88. The van der Waals surface area contributed by atoms with E-state index < -0.39 is 0 Å². The minimum atomic E-state index is -0.139. The maximum atomic E-state index is 11.4. The van der Waals surface area contributed by atoms with Crippen molar-refractivity contribution in [2.24, 2.45) is 5.73 Å². The standard InChI is InChI=1S/C17H23N3O3/c1-12(2)17(21)20-7-13-3-5-15(6-4-13)19-8-14(18)9-23-16-10-22-11-16/h3-6,8,16,19H,1,7,9-11,18H2,2H3,(H,20,21)/b14-8-. The maximum absolute atomic E-state index is 11.4. The van der Waals surface area contributed by atoms with Gasteiger partial charge in [0, 0.05) is 24.0 Å². The Morgan fingerprint density at radius 1 is 1.43 bits per heavy atom. The topological polar surface area (TPSA) is 85.6 Å². The van der Waals surface area contributed by atoms with E-state index in [1.165, 1.54) is 0 Å². The molecule has 124 valence electrons. The molecule has 0 saturated carbocycles. The average molecular weight is 317 g/mol. The molecule has 2 rings (SSSR count). The SMILES string of the molecule is C=C(C)C(=O)NCc1ccc(N/C=C(\N)COC2COC2)cc1. The summed E-state index contributed by atoms with van der Waals surface area (Å²) >= 11 is 0. The van der Waals surface area contributed by atoms with Crippen molar-refractivity contribution in [1.82, 2.24) is 5.32 Å². The third-order valence-electron chi connectivity index (χ3n) is 3.31. The molecule has 1 fully saturated rings. The molecular weight excluding hydrogens is 294 g/mol. The lowest BCUT2D eigenvalue weighted by Gasteiger charge is -2.25. The van der Waals surface area contributed by atoms with E-state index >= 15 is 0 Å². The Hall–Kier alpha value is -2.31. The zero-order chi connectivity index (χ0) is 16.7. The molecule has 0 aliphatic carbocycles. The van der Waals surface area contributed by atoms with Gasteiger partial charge in [-0.2, -0.15) is 0 Å². The summed E-state index contributed by atoms with van der Waals surface area (Å²) in [5.41, 5.74) is 8.91. The molecular formula is C17H23N3O3. The van der Waals surface area contributed by atoms with E-state index in [2.05, 4.69) is 17.2 Å². The number of amides is 1. The summed E-state index contributed by atoms with van der Waals surface area (Å²) in [5, 5.41) is 5.90. The highest BCUT2D eigenvalue weighted by atomic mass is 16.6. The van der Waals surface area contributed by atoms with Crippen LogP contribution in [0.5, 0.6) is 0 Å². The second-order valence-corrected chi connectivity index (χ2v) is 5.49. The molecule has 1 heterocycles. The minimum absolute atomic E-state index is 0.139. The number of carbonyl (C=O) groups excluding carboxylic acids is 1. The van der Waals surface area contributed by atoms with Crippen molar-refractivity contribution < 1.29 is 14.3 Å². The number of ether oxygens (including phenoxy) is 2. The average Bonchev–Trinajstić information content (AvgIpc) is 2.50. The fourth-order valence-corrected chi connectivity index (χ4v) is 1.79. The van der Waals surface area contributed by atoms with Crippen molar-refractivity contribution in [1.29, 1.82) is 0 Å². The van der Waals surface area contributed by atoms with Crippen LogP contribution in [-0.2, 0) is 20.8 Å². The Kier molecular flexibility index (Phi) is 6.19. The van der Waals surface area contributed by atoms with Gasteiger partial charge < -0.3 is 25.8 Å². The van der Waals surface area contributed by atoms with Crippen LogP contribution in [0.4, 0.5) is 5.69 Å². The molecule has 0 bridgehead atoms. The molecule has 1 aliphatic heterocycles. The molecule has 0 unspecified atom stereocenters. The number of nitrogens with two attached hydrogens (primary N) is 1. The van der Waals surface area contributed by atoms with E-state index in [0.29, 0.717) is 37.6 Å². The molecule has 6 nitrogen and oxygen atoms in total. The van der Waals surface area contributed by atoms with Crippen molar-refractivity contribution in [2.45, 2.75) is 19.6 Å². The van der Waals surface area contributed by atoms with Gasteiger partial charge in [0.1, 0.15) is 6.10 Å². The molecule has 1 amide bonds. The first kappa shape index (κ1) is 17.1. The molecule has 0 atom stereocenters. The summed E-state index contributed by atoms with van der Waals surface area (Å²) in [4.78, 5) is 11.4. The van der Waals surface area contributed by atoms with Crippen LogP contribution in [0, 0.1) is 0 Å². The van der Waals surface area contributed by atoms with Crippen LogP contribution in [0.3, 0.4) is 0 Å². The molecule has 0 aromatic heterocycles. The number of anilines is 1. The summed E-state index contributed by atoms with van der Waals surface area (Å²) < 4.78 is 10.5. The first-order valence-electron chi connectivity index (χ1n) is 7.47. The summed E-state index contributed by atoms with van der Waals surface area (Å²) in [7, 11) is 0. The number of nitrogens with one attached hydrogen (secondary N) is 2. The molecule has 23 heavy (non-hydrogen) atoms. The van der Waals surface area contributed by atoms with E-state index in [0.717, 1.165) is 11.3 Å². The van der Waals surface area contributed by atoms with E-state index in [1.807, 2.05) is 24.3 Å². The van der Waals surface area contributed by atoms with E-state index in [-0.39, 0.29) is 12.0 Å². The van der Waals surface area contributed by atoms with Crippen LogP contribution >= 0.6 is 0 Å². The molecule has 1 saturated heterocycles. The van der Waals surface area contributed by atoms with Gasteiger partial charge in [-0.05, 0) is 24.6 Å². The highest BCUT2D eigenvalue weighted by Gasteiger charge is 2.18. The smallest absolute Gasteiger partial charge is 0.246 e. The van der Waals surface area contributed by atoms with Gasteiger partial charge in [0.25, 0.3) is 0 Å². The van der Waals surface area contributed by atoms with Crippen molar-refractivity contribution in [2.75, 3.05) is 25.1 Å². The molecule has 1 aromatic rings. The number of benzene rings is 1. The van der Waals surface area contributed by atoms with Gasteiger partial charge in [0.2, 0.25) is 5.91 Å². The van der Waals surface area contributed by atoms with Gasteiger partial charge in [-0.3, -0.25) is 4.79 Å². The van der Waals surface area contributed by atoms with Crippen LogP contribution in [0.2, 0.25) is 0 Å². The predicted molar refractivity (Wildman–Crippen MR) is 89.6 cm³/mol. The Morgan fingerprint density at radius 2 is 2.13 bits per heavy atom. The zero-order valence-corrected chi connectivity index (χ0v) is 13.3. The maximum Gasteiger partial charge on any atom is 0.246 e. The van der Waals surface area contributed by atoms with Crippen molar-refractivity contribution in [3.05, 3.63) is 53.9 Å². The summed E-state index contributed by atoms with van der Waals surface area (Å²) in [6, 6.07) is 7.72. The molecule has 1 aliphatic rings. The lowest BCUT2D eigenvalue weighted by Crippen LogP contribution is -2.37. The van der Waals surface area contributed by atoms with Gasteiger partial charge in [-0.15, -0.1) is 0 Å². The Morgan fingerprint density at radius 3 is 2.70 bits per heavy atom. The molecule has 4 N–H and O–H groups in total. The first-order chi connectivity index (χ1) is 11.0. The van der Waals surface area contributed by atoms with E-state index in [9.17, 15) is 4.79 Å². The zero-order valence-electron chi connectivity index (χ0n) is 13.3. The second kappa shape index (κ2) is 8.36. The largest absolute Gasteiger partial charge is 0.399 e. The lowest BCUT2D eigenvalue weighted by molar-refractivity contribution is -0.124. The van der Waals surface area contributed by atoms with Crippen LogP contribution in [0.15, 0.2) is 48.3 Å². The van der Waals surface area contributed by atoms with Gasteiger partial charge in [-0.25, -0.2) is 0 Å². The normalized spacial score (nSPS) is 14.9. The van der Waals surface area contributed by atoms with Crippen LogP contribution < -0.4 is 16.4 Å². The number of carbonyl (C=O) groups is 1. The Balaban J connectivity index is 1.75. The lowest BCUT2D eigenvalue weighted by atomic mass is 10.2. The van der Waals surface area contributed by atoms with Crippen LogP contribution in [0.25, 0.3) is 0 Å². The fourth-order valence-electron chi connectivity index (χ4n) is 1.79. The molecule has 0 radical (unpaired) electrons. The van der Waals surface area contributed by atoms with Gasteiger partial charge in [0.05, 0.1) is 25.5 Å². The molecule has 1 aromatic carbocycles. The highest BCUT2D eigenvalue weighted by Crippen LogP contribution is 2.10.